The van der Waals surface area contributed by atoms with Crippen molar-refractivity contribution >= 4 is 17.7 Å². The summed E-state index contributed by atoms with van der Waals surface area (Å²) < 4.78 is 0. The third kappa shape index (κ3) is 2.43. The molecule has 0 aromatic carbocycles. The molecule has 0 aromatic heterocycles. The molecule has 0 bridgehead atoms. The van der Waals surface area contributed by atoms with Crippen LogP contribution in [-0.4, -0.2) is 22.1 Å². The summed E-state index contributed by atoms with van der Waals surface area (Å²) in [5, 5.41) is 9.14. The van der Waals surface area contributed by atoms with E-state index in [4.69, 9.17) is 5.11 Å². The van der Waals surface area contributed by atoms with Crippen LogP contribution in [0, 0.1) is 0 Å². The van der Waals surface area contributed by atoms with E-state index in [9.17, 15) is 4.79 Å². The van der Waals surface area contributed by atoms with Crippen molar-refractivity contribution in [3.8, 4) is 0 Å². The highest BCUT2D eigenvalue weighted by atomic mass is 32.2. The molecule has 0 amide bonds. The zero-order valence-corrected chi connectivity index (χ0v) is 6.65. The summed E-state index contributed by atoms with van der Waals surface area (Å²) in [7, 11) is 0. The number of hydrogen-bond acceptors (Lipinski definition) is 2. The molecule has 1 saturated heterocycles. The molecular weight excluding hydrogens is 148 g/mol. The zero-order valence-electron chi connectivity index (χ0n) is 5.83. The number of rotatable bonds is 3. The summed E-state index contributed by atoms with van der Waals surface area (Å²) >= 11 is 1.88. The lowest BCUT2D eigenvalue weighted by Crippen LogP contribution is -1.96. The van der Waals surface area contributed by atoms with Crippen molar-refractivity contribution in [1.82, 2.24) is 0 Å². The van der Waals surface area contributed by atoms with Crippen LogP contribution in [0.5, 0.6) is 0 Å². The van der Waals surface area contributed by atoms with Crippen LogP contribution in [0.3, 0.4) is 0 Å². The Morgan fingerprint density at radius 3 is 2.90 bits per heavy atom. The average Bonchev–Trinajstić information content (AvgIpc) is 2.64. The minimum Gasteiger partial charge on any atom is -0.478 e. The van der Waals surface area contributed by atoms with Gasteiger partial charge < -0.3 is 5.11 Å². The molecule has 3 heteroatoms. The molecule has 56 valence electrons. The number of carbonyl (C=O) groups is 1. The minimum absolute atomic E-state index is 0.465. The van der Waals surface area contributed by atoms with E-state index in [2.05, 4.69) is 0 Å². The molecule has 10 heavy (non-hydrogen) atoms. The molecule has 0 aromatic rings. The van der Waals surface area contributed by atoms with Gasteiger partial charge in [0.05, 0.1) is 0 Å². The van der Waals surface area contributed by atoms with Crippen LogP contribution in [0.2, 0.25) is 0 Å². The maximum atomic E-state index is 10.3. The van der Waals surface area contributed by atoms with Crippen molar-refractivity contribution < 1.29 is 9.90 Å². The van der Waals surface area contributed by atoms with Crippen molar-refractivity contribution in [2.45, 2.75) is 18.6 Å². The monoisotopic (exact) mass is 158 g/mol. The van der Waals surface area contributed by atoms with Crippen molar-refractivity contribution in [1.29, 1.82) is 0 Å². The van der Waals surface area contributed by atoms with E-state index < -0.39 is 5.97 Å². The Morgan fingerprint density at radius 2 is 2.50 bits per heavy atom. The lowest BCUT2D eigenvalue weighted by atomic mass is 10.2. The first kappa shape index (κ1) is 7.66. The minimum atomic E-state index is -0.800. The Balaban J connectivity index is 2.29. The van der Waals surface area contributed by atoms with E-state index in [1.807, 2.05) is 11.8 Å². The molecule has 0 radical (unpaired) electrons. The molecule has 1 N–H and O–H groups in total. The summed E-state index contributed by atoms with van der Waals surface area (Å²) in [6.45, 7) is 1.63. The zero-order chi connectivity index (χ0) is 7.56. The molecule has 1 fully saturated rings. The lowest BCUT2D eigenvalue weighted by molar-refractivity contribution is -0.132. The van der Waals surface area contributed by atoms with Gasteiger partial charge in [-0.1, -0.05) is 6.08 Å². The van der Waals surface area contributed by atoms with Gasteiger partial charge in [-0.05, 0) is 13.3 Å². The Kier molecular flexibility index (Phi) is 2.38. The smallest absolute Gasteiger partial charge is 0.330 e. The van der Waals surface area contributed by atoms with Crippen LogP contribution >= 0.6 is 11.8 Å². The number of carboxylic acids is 1. The Hall–Kier alpha value is -0.440. The number of thioether (sulfide) groups is 1. The number of aliphatic carboxylic acids is 1. The third-order valence-electron chi connectivity index (χ3n) is 1.43. The van der Waals surface area contributed by atoms with E-state index in [1.165, 1.54) is 5.75 Å². The average molecular weight is 158 g/mol. The van der Waals surface area contributed by atoms with E-state index in [0.29, 0.717) is 10.8 Å². The second-order valence-electron chi connectivity index (χ2n) is 2.38. The molecule has 1 aliphatic heterocycles. The van der Waals surface area contributed by atoms with Crippen LogP contribution in [-0.2, 0) is 4.79 Å². The standard InChI is InChI=1S/C7H10O2S/c1-5(7(8)9)2-3-6-4-10-6/h2,6H,3-4H2,1H3,(H,8,9). The van der Waals surface area contributed by atoms with E-state index >= 15 is 0 Å². The fraction of sp³-hybridized carbons (Fsp3) is 0.571. The largest absolute Gasteiger partial charge is 0.478 e. The van der Waals surface area contributed by atoms with Crippen LogP contribution in [0.1, 0.15) is 13.3 Å². The predicted octanol–water partition coefficient (Wildman–Crippen LogP) is 1.52. The van der Waals surface area contributed by atoms with Crippen molar-refractivity contribution in [3.63, 3.8) is 0 Å². The highest BCUT2D eigenvalue weighted by Gasteiger charge is 2.20. The lowest BCUT2D eigenvalue weighted by Gasteiger charge is -1.90. The van der Waals surface area contributed by atoms with Gasteiger partial charge in [0, 0.05) is 16.6 Å². The summed E-state index contributed by atoms with van der Waals surface area (Å²) in [4.78, 5) is 10.3. The van der Waals surface area contributed by atoms with Crippen LogP contribution < -0.4 is 0 Å². The van der Waals surface area contributed by atoms with E-state index in [-0.39, 0.29) is 0 Å². The molecule has 0 saturated carbocycles. The Labute approximate surface area is 64.3 Å². The molecule has 2 nitrogen and oxygen atoms in total. The summed E-state index contributed by atoms with van der Waals surface area (Å²) in [5.74, 6) is 0.397. The second kappa shape index (κ2) is 3.10. The first-order valence-electron chi connectivity index (χ1n) is 3.22. The van der Waals surface area contributed by atoms with Gasteiger partial charge in [0.2, 0.25) is 0 Å². The third-order valence-corrected chi connectivity index (χ3v) is 2.42. The van der Waals surface area contributed by atoms with Crippen molar-refractivity contribution in [3.05, 3.63) is 11.6 Å². The van der Waals surface area contributed by atoms with Crippen LogP contribution in [0.15, 0.2) is 11.6 Å². The second-order valence-corrected chi connectivity index (χ2v) is 3.72. The van der Waals surface area contributed by atoms with Crippen molar-refractivity contribution in [2.75, 3.05) is 5.75 Å². The molecule has 1 heterocycles. The van der Waals surface area contributed by atoms with E-state index in [1.54, 1.807) is 13.0 Å². The Morgan fingerprint density at radius 1 is 1.90 bits per heavy atom. The number of hydrogen-bond donors (Lipinski definition) is 1. The summed E-state index contributed by atoms with van der Waals surface area (Å²) in [5.41, 5.74) is 0.465. The topological polar surface area (TPSA) is 37.3 Å². The summed E-state index contributed by atoms with van der Waals surface area (Å²) in [6, 6.07) is 0. The summed E-state index contributed by atoms with van der Waals surface area (Å²) in [6.07, 6.45) is 2.72. The fourth-order valence-corrected chi connectivity index (χ4v) is 1.10. The molecule has 0 spiro atoms. The first-order chi connectivity index (χ1) is 4.70. The number of carboxylic acid groups (broad SMARTS) is 1. The molecule has 1 aliphatic rings. The maximum absolute atomic E-state index is 10.3. The molecular formula is C7H10O2S. The van der Waals surface area contributed by atoms with E-state index in [0.717, 1.165) is 6.42 Å². The fourth-order valence-electron chi connectivity index (χ4n) is 0.600. The quantitative estimate of drug-likeness (QED) is 0.500. The molecule has 0 aliphatic carbocycles. The van der Waals surface area contributed by atoms with Crippen LogP contribution in [0.25, 0.3) is 0 Å². The SMILES string of the molecule is CC(=CCC1CS1)C(=O)O. The molecule has 1 unspecified atom stereocenters. The Bertz CT molecular complexity index is 170. The number of allylic oxidation sites excluding steroid dienone is 1. The first-order valence-corrected chi connectivity index (χ1v) is 4.26. The van der Waals surface area contributed by atoms with Gasteiger partial charge >= 0.3 is 5.97 Å². The van der Waals surface area contributed by atoms with Gasteiger partial charge in [-0.2, -0.15) is 11.8 Å². The van der Waals surface area contributed by atoms with Crippen LogP contribution in [0.4, 0.5) is 0 Å². The van der Waals surface area contributed by atoms with Gasteiger partial charge in [-0.25, -0.2) is 4.79 Å². The highest BCUT2D eigenvalue weighted by molar-refractivity contribution is 8.06. The van der Waals surface area contributed by atoms with Gasteiger partial charge in [0.15, 0.2) is 0 Å². The predicted molar refractivity (Wildman–Crippen MR) is 42.3 cm³/mol. The normalized spacial score (nSPS) is 24.5. The van der Waals surface area contributed by atoms with Gasteiger partial charge in [0.1, 0.15) is 0 Å². The molecule has 1 atom stereocenters. The van der Waals surface area contributed by atoms with Gasteiger partial charge in [0.25, 0.3) is 0 Å². The van der Waals surface area contributed by atoms with Crippen molar-refractivity contribution in [2.24, 2.45) is 0 Å². The highest BCUT2D eigenvalue weighted by Crippen LogP contribution is 2.33. The maximum Gasteiger partial charge on any atom is 0.330 e. The van der Waals surface area contributed by atoms with Gasteiger partial charge in [-0.3, -0.25) is 0 Å². The molecule has 1 rings (SSSR count). The van der Waals surface area contributed by atoms with Gasteiger partial charge in [-0.15, -0.1) is 0 Å².